The number of benzene rings is 2. The molecular weight excluding hydrogens is 412 g/mol. The Morgan fingerprint density at radius 1 is 1.19 bits per heavy atom. The third-order valence-electron chi connectivity index (χ3n) is 5.21. The summed E-state index contributed by atoms with van der Waals surface area (Å²) in [6.07, 6.45) is 0.524. The molecule has 2 aromatic heterocycles. The lowest BCUT2D eigenvalue weighted by Crippen LogP contribution is -2.27. The summed E-state index contributed by atoms with van der Waals surface area (Å²) in [5, 5.41) is 10.3. The van der Waals surface area contributed by atoms with E-state index in [1.54, 1.807) is 25.1 Å². The molecule has 2 N–H and O–H groups in total. The molecule has 0 aliphatic rings. The van der Waals surface area contributed by atoms with E-state index in [4.69, 9.17) is 16.6 Å². The number of amides is 1. The van der Waals surface area contributed by atoms with Crippen LogP contribution in [0, 0.1) is 11.7 Å². The van der Waals surface area contributed by atoms with Crippen molar-refractivity contribution in [3.8, 4) is 11.3 Å². The number of H-pyrrole nitrogens is 1. The first-order valence-corrected chi connectivity index (χ1v) is 10.5. The highest BCUT2D eigenvalue weighted by Gasteiger charge is 2.18. The number of aromatic amines is 1. The summed E-state index contributed by atoms with van der Waals surface area (Å²) in [6, 6.07) is 14.4. The molecule has 0 fully saturated rings. The predicted molar refractivity (Wildman–Crippen MR) is 122 cm³/mol. The minimum absolute atomic E-state index is 0.145. The van der Waals surface area contributed by atoms with Crippen molar-refractivity contribution in [3.05, 3.63) is 80.5 Å². The van der Waals surface area contributed by atoms with Crippen molar-refractivity contribution in [2.45, 2.75) is 26.8 Å². The molecule has 0 aliphatic carbocycles. The molecule has 4 rings (SSSR count). The SMILES string of the molecule is CCn1c(CCNC(=O)c2cccc3c(=O)c(C)c(-c4ccccc4)oc23)n[nH]c1=S. The van der Waals surface area contributed by atoms with Gasteiger partial charge in [-0.15, -0.1) is 0 Å². The molecule has 7 nitrogen and oxygen atoms in total. The molecule has 4 aromatic rings. The normalized spacial score (nSPS) is 11.0. The number of para-hydroxylation sites is 1. The average Bonchev–Trinajstić information content (AvgIpc) is 3.15. The number of carbonyl (C=O) groups is 1. The highest BCUT2D eigenvalue weighted by Crippen LogP contribution is 2.27. The second-order valence-corrected chi connectivity index (χ2v) is 7.52. The maximum atomic E-state index is 13.0. The minimum atomic E-state index is -0.311. The summed E-state index contributed by atoms with van der Waals surface area (Å²) in [4.78, 5) is 25.9. The zero-order valence-electron chi connectivity index (χ0n) is 17.3. The van der Waals surface area contributed by atoms with Crippen LogP contribution in [0.1, 0.15) is 28.7 Å². The second-order valence-electron chi connectivity index (χ2n) is 7.13. The smallest absolute Gasteiger partial charge is 0.255 e. The number of aromatic nitrogens is 3. The largest absolute Gasteiger partial charge is 0.455 e. The Kier molecular flexibility index (Phi) is 5.81. The fourth-order valence-corrected chi connectivity index (χ4v) is 3.88. The zero-order chi connectivity index (χ0) is 22.0. The molecule has 158 valence electrons. The lowest BCUT2D eigenvalue weighted by atomic mass is 10.0. The first-order chi connectivity index (χ1) is 15.0. The van der Waals surface area contributed by atoms with Crippen LogP contribution in [-0.4, -0.2) is 27.2 Å². The van der Waals surface area contributed by atoms with Crippen LogP contribution < -0.4 is 10.7 Å². The van der Waals surface area contributed by atoms with Crippen LogP contribution in [0.4, 0.5) is 0 Å². The molecule has 2 heterocycles. The second kappa shape index (κ2) is 8.69. The van der Waals surface area contributed by atoms with Crippen LogP contribution in [0.5, 0.6) is 0 Å². The van der Waals surface area contributed by atoms with Gasteiger partial charge in [-0.25, -0.2) is 0 Å². The van der Waals surface area contributed by atoms with Crippen molar-refractivity contribution >= 4 is 29.1 Å². The molecule has 0 radical (unpaired) electrons. The van der Waals surface area contributed by atoms with E-state index in [-0.39, 0.29) is 16.9 Å². The van der Waals surface area contributed by atoms with Gasteiger partial charge in [0.25, 0.3) is 5.91 Å². The summed E-state index contributed by atoms with van der Waals surface area (Å²) < 4.78 is 8.56. The quantitative estimate of drug-likeness (QED) is 0.447. The van der Waals surface area contributed by atoms with Crippen LogP contribution in [-0.2, 0) is 13.0 Å². The van der Waals surface area contributed by atoms with E-state index >= 15 is 0 Å². The summed E-state index contributed by atoms with van der Waals surface area (Å²) >= 11 is 5.19. The van der Waals surface area contributed by atoms with E-state index in [9.17, 15) is 9.59 Å². The first kappa shape index (κ1) is 20.7. The highest BCUT2D eigenvalue weighted by molar-refractivity contribution is 7.71. The van der Waals surface area contributed by atoms with Crippen molar-refractivity contribution in [2.75, 3.05) is 6.54 Å². The molecule has 0 saturated heterocycles. The number of hydrogen-bond acceptors (Lipinski definition) is 5. The van der Waals surface area contributed by atoms with Gasteiger partial charge in [-0.3, -0.25) is 14.7 Å². The van der Waals surface area contributed by atoms with Gasteiger partial charge < -0.3 is 14.3 Å². The Hall–Kier alpha value is -3.52. The van der Waals surface area contributed by atoms with Gasteiger partial charge >= 0.3 is 0 Å². The number of nitrogens with zero attached hydrogens (tertiary/aromatic N) is 2. The van der Waals surface area contributed by atoms with Gasteiger partial charge in [-0.1, -0.05) is 36.4 Å². The van der Waals surface area contributed by atoms with Gasteiger partial charge in [0.05, 0.1) is 10.9 Å². The van der Waals surface area contributed by atoms with Crippen molar-refractivity contribution in [3.63, 3.8) is 0 Å². The van der Waals surface area contributed by atoms with Gasteiger partial charge in [-0.2, -0.15) is 5.10 Å². The molecule has 1 amide bonds. The minimum Gasteiger partial charge on any atom is -0.455 e. The molecule has 0 aliphatic heterocycles. The van der Waals surface area contributed by atoms with E-state index in [1.165, 1.54) is 0 Å². The fourth-order valence-electron chi connectivity index (χ4n) is 3.60. The van der Waals surface area contributed by atoms with E-state index in [1.807, 2.05) is 41.8 Å². The van der Waals surface area contributed by atoms with Gasteiger partial charge in [0, 0.05) is 30.6 Å². The van der Waals surface area contributed by atoms with Gasteiger partial charge in [0.1, 0.15) is 11.6 Å². The number of hydrogen-bond donors (Lipinski definition) is 2. The predicted octanol–water partition coefficient (Wildman–Crippen LogP) is 4.01. The van der Waals surface area contributed by atoms with Crippen LogP contribution in [0.2, 0.25) is 0 Å². The van der Waals surface area contributed by atoms with E-state index < -0.39 is 0 Å². The Morgan fingerprint density at radius 2 is 1.97 bits per heavy atom. The molecule has 31 heavy (non-hydrogen) atoms. The van der Waals surface area contributed by atoms with Crippen LogP contribution in [0.3, 0.4) is 0 Å². The Balaban J connectivity index is 1.65. The molecule has 0 atom stereocenters. The van der Waals surface area contributed by atoms with Gasteiger partial charge in [0.2, 0.25) is 0 Å². The maximum absolute atomic E-state index is 13.0. The fraction of sp³-hybridized carbons (Fsp3) is 0.217. The van der Waals surface area contributed by atoms with Crippen LogP contribution >= 0.6 is 12.2 Å². The third-order valence-corrected chi connectivity index (χ3v) is 5.52. The lowest BCUT2D eigenvalue weighted by molar-refractivity contribution is 0.0954. The lowest BCUT2D eigenvalue weighted by Gasteiger charge is -2.11. The Labute approximate surface area is 183 Å². The average molecular weight is 435 g/mol. The van der Waals surface area contributed by atoms with Crippen molar-refractivity contribution in [1.82, 2.24) is 20.1 Å². The molecule has 0 spiro atoms. The molecule has 0 saturated carbocycles. The number of carbonyl (C=O) groups excluding carboxylic acids is 1. The summed E-state index contributed by atoms with van der Waals surface area (Å²) in [5.41, 5.74) is 1.76. The standard InChI is InChI=1S/C23H22N4O3S/c1-3-27-18(25-26-23(27)31)12-13-24-22(29)17-11-7-10-16-19(28)14(2)20(30-21(16)17)15-8-5-4-6-9-15/h4-11H,3,12-13H2,1-2H3,(H,24,29)(H,26,31). The molecular formula is C23H22N4O3S. The Morgan fingerprint density at radius 3 is 2.71 bits per heavy atom. The van der Waals surface area contributed by atoms with E-state index in [0.29, 0.717) is 46.6 Å². The van der Waals surface area contributed by atoms with Gasteiger partial charge in [-0.05, 0) is 38.2 Å². The van der Waals surface area contributed by atoms with Gasteiger partial charge in [0.15, 0.2) is 15.8 Å². The third kappa shape index (κ3) is 3.94. The molecule has 8 heteroatoms. The summed E-state index contributed by atoms with van der Waals surface area (Å²) in [5.74, 6) is 0.935. The van der Waals surface area contributed by atoms with E-state index in [0.717, 1.165) is 11.4 Å². The molecule has 2 aromatic carbocycles. The highest BCUT2D eigenvalue weighted by atomic mass is 32.1. The van der Waals surface area contributed by atoms with Crippen molar-refractivity contribution < 1.29 is 9.21 Å². The topological polar surface area (TPSA) is 92.9 Å². The van der Waals surface area contributed by atoms with Crippen molar-refractivity contribution in [2.24, 2.45) is 0 Å². The summed E-state index contributed by atoms with van der Waals surface area (Å²) in [6.45, 7) is 4.80. The van der Waals surface area contributed by atoms with E-state index in [2.05, 4.69) is 15.5 Å². The number of nitrogens with one attached hydrogen (secondary N) is 2. The maximum Gasteiger partial charge on any atom is 0.255 e. The Bertz CT molecular complexity index is 1370. The first-order valence-electron chi connectivity index (χ1n) is 10.1. The number of rotatable bonds is 6. The molecule has 0 bridgehead atoms. The number of fused-ring (bicyclic) bond motifs is 1. The van der Waals surface area contributed by atoms with Crippen molar-refractivity contribution in [1.29, 1.82) is 0 Å². The summed E-state index contributed by atoms with van der Waals surface area (Å²) in [7, 11) is 0. The van der Waals surface area contributed by atoms with Crippen LogP contribution in [0.15, 0.2) is 57.7 Å². The monoisotopic (exact) mass is 434 g/mol. The molecule has 0 unspecified atom stereocenters. The van der Waals surface area contributed by atoms with Crippen LogP contribution in [0.25, 0.3) is 22.3 Å². The zero-order valence-corrected chi connectivity index (χ0v) is 18.1.